The van der Waals surface area contributed by atoms with Crippen LogP contribution in [0.3, 0.4) is 0 Å². The van der Waals surface area contributed by atoms with Crippen LogP contribution in [0.1, 0.15) is 58.8 Å². The Balaban J connectivity index is 0. The first kappa shape index (κ1) is 25.1. The fourth-order valence-corrected chi connectivity index (χ4v) is 3.51. The van der Waals surface area contributed by atoms with Crippen molar-refractivity contribution in [1.82, 2.24) is 0 Å². The van der Waals surface area contributed by atoms with Gasteiger partial charge < -0.3 is 29.9 Å². The number of carbonyl (C=O) groups is 1. The second kappa shape index (κ2) is 11.4. The zero-order chi connectivity index (χ0) is 14.7. The summed E-state index contributed by atoms with van der Waals surface area (Å²) in [7, 11) is 0. The monoisotopic (exact) mass is 391 g/mol. The summed E-state index contributed by atoms with van der Waals surface area (Å²) in [5.74, 6) is -0.157. The van der Waals surface area contributed by atoms with Gasteiger partial charge in [0, 0.05) is 5.57 Å². The van der Waals surface area contributed by atoms with E-state index in [1.165, 1.54) is 51.9 Å². The van der Waals surface area contributed by atoms with Crippen LogP contribution in [0.25, 0.3) is 0 Å². The van der Waals surface area contributed by atoms with Crippen LogP contribution in [0.5, 0.6) is 0 Å². The predicted molar refractivity (Wildman–Crippen MR) is 82.3 cm³/mol. The molecular formula is C18H25Cl2O2Ti. The molecule has 5 heteroatoms. The van der Waals surface area contributed by atoms with Crippen molar-refractivity contribution in [2.45, 2.75) is 58.8 Å². The number of hydrogen-bond acceptors (Lipinski definition) is 1. The molecule has 3 aliphatic carbocycles. The molecule has 0 fully saturated rings. The third kappa shape index (κ3) is 6.01. The summed E-state index contributed by atoms with van der Waals surface area (Å²) in [6.07, 6.45) is 12.2. The summed E-state index contributed by atoms with van der Waals surface area (Å²) in [5, 5.41) is 7.89. The van der Waals surface area contributed by atoms with Gasteiger partial charge in [-0.25, -0.2) is 16.8 Å². The van der Waals surface area contributed by atoms with Crippen molar-refractivity contribution in [3.8, 4) is 0 Å². The van der Waals surface area contributed by atoms with Crippen LogP contribution >= 0.6 is 0 Å². The predicted octanol–water partition coefficient (Wildman–Crippen LogP) is -1.16. The number of carboxylic acid groups (broad SMARTS) is 1. The maximum Gasteiger partial charge on any atom is 3.00 e. The molecule has 0 aromatic heterocycles. The molecule has 1 atom stereocenters. The van der Waals surface area contributed by atoms with Gasteiger partial charge in [-0.1, -0.05) is 38.3 Å². The molecule has 0 saturated carbocycles. The zero-order valence-corrected chi connectivity index (χ0v) is 17.0. The van der Waals surface area contributed by atoms with E-state index in [4.69, 9.17) is 5.11 Å². The van der Waals surface area contributed by atoms with E-state index in [0.29, 0.717) is 0 Å². The van der Waals surface area contributed by atoms with Crippen LogP contribution in [0.15, 0.2) is 34.4 Å². The van der Waals surface area contributed by atoms with Crippen LogP contribution in [0.4, 0.5) is 0 Å². The van der Waals surface area contributed by atoms with E-state index in [0.717, 1.165) is 5.92 Å². The van der Waals surface area contributed by atoms with Gasteiger partial charge in [-0.15, -0.1) is 12.0 Å². The first-order valence-corrected chi connectivity index (χ1v) is 7.69. The van der Waals surface area contributed by atoms with Gasteiger partial charge in [0.15, 0.2) is 0 Å². The largest absolute Gasteiger partial charge is 3.00 e. The average molecular weight is 392 g/mol. The number of hydrogen-bond donors (Lipinski definition) is 1. The van der Waals surface area contributed by atoms with Crippen LogP contribution in [0.2, 0.25) is 0 Å². The Kier molecular flexibility index (Phi) is 12.5. The number of halogens is 2. The van der Waals surface area contributed by atoms with Gasteiger partial charge >= 0.3 is 27.7 Å². The number of allylic oxidation sites excluding steroid dienone is 4. The Morgan fingerprint density at radius 3 is 2.22 bits per heavy atom. The van der Waals surface area contributed by atoms with Crippen LogP contribution < -0.4 is 24.8 Å². The van der Waals surface area contributed by atoms with Crippen LogP contribution in [-0.2, 0) is 26.5 Å². The second-order valence-corrected chi connectivity index (χ2v) is 6.05. The van der Waals surface area contributed by atoms with Gasteiger partial charge in [0.25, 0.3) is 0 Å². The first-order valence-electron chi connectivity index (χ1n) is 7.69. The molecule has 0 aromatic rings. The smallest absolute Gasteiger partial charge is 1.00 e. The van der Waals surface area contributed by atoms with Crippen LogP contribution in [0, 0.1) is 12.3 Å². The summed E-state index contributed by atoms with van der Waals surface area (Å²) in [4.78, 5) is 9.60. The van der Waals surface area contributed by atoms with Gasteiger partial charge in [-0.3, -0.25) is 0 Å². The van der Waals surface area contributed by atoms with Crippen molar-refractivity contribution in [1.29, 1.82) is 0 Å². The summed E-state index contributed by atoms with van der Waals surface area (Å²) in [6, 6.07) is 0. The second-order valence-electron chi connectivity index (χ2n) is 6.05. The summed E-state index contributed by atoms with van der Waals surface area (Å²) < 4.78 is 0. The molecule has 0 amide bonds. The van der Waals surface area contributed by atoms with Crippen LogP contribution in [-0.4, -0.2) is 11.1 Å². The van der Waals surface area contributed by atoms with Crippen molar-refractivity contribution in [3.63, 3.8) is 0 Å². The topological polar surface area (TPSA) is 37.3 Å². The Morgan fingerprint density at radius 1 is 1.13 bits per heavy atom. The molecule has 1 radical (unpaired) electrons. The van der Waals surface area contributed by atoms with Gasteiger partial charge in [0.1, 0.15) is 0 Å². The van der Waals surface area contributed by atoms with Crippen molar-refractivity contribution in [3.05, 3.63) is 40.9 Å². The molecule has 2 nitrogen and oxygen atoms in total. The minimum absolute atomic E-state index is 0. The Hall–Kier alpha value is -0.146. The molecule has 0 aromatic carbocycles. The number of rotatable bonds is 1. The molecule has 0 aliphatic heterocycles. The zero-order valence-electron chi connectivity index (χ0n) is 13.9. The average Bonchev–Trinajstić information content (AvgIpc) is 2.74. The van der Waals surface area contributed by atoms with E-state index in [1.807, 2.05) is 0 Å². The summed E-state index contributed by atoms with van der Waals surface area (Å²) in [6.45, 7) is 7.02. The SMILES string of the molecule is C=C(C)C(=O)O.CC1C2=C(CCC[CH-]2)C2=C1CCCC2.[Cl-].[Cl-].[Ti+3]. The fraction of sp³-hybridized carbons (Fsp3) is 0.556. The first-order chi connectivity index (χ1) is 9.52. The molecule has 1 N–H and O–H groups in total. The number of aliphatic carboxylic acids is 1. The maximum atomic E-state index is 9.60. The van der Waals surface area contributed by atoms with Crippen molar-refractivity contribution in [2.75, 3.05) is 0 Å². The van der Waals surface area contributed by atoms with Gasteiger partial charge in [-0.05, 0) is 32.1 Å². The number of fused-ring (bicyclic) bond motifs is 1. The van der Waals surface area contributed by atoms with Gasteiger partial charge in [0.2, 0.25) is 0 Å². The van der Waals surface area contributed by atoms with E-state index >= 15 is 0 Å². The van der Waals surface area contributed by atoms with E-state index in [1.54, 1.807) is 22.3 Å². The normalized spacial score (nSPS) is 21.0. The molecule has 0 spiro atoms. The molecule has 1 unspecified atom stereocenters. The summed E-state index contributed by atoms with van der Waals surface area (Å²) >= 11 is 0. The molecule has 127 valence electrons. The molecule has 23 heavy (non-hydrogen) atoms. The molecular weight excluding hydrogens is 367 g/mol. The van der Waals surface area contributed by atoms with E-state index < -0.39 is 5.97 Å². The number of carboxylic acids is 1. The standard InChI is InChI=1S/C14H19.C4H6O2.2ClH.Ti/c1-10-11-6-2-4-8-13(11)14-9-5-3-7-12(10)14;1-3(2)4(5)6;;;/h6,10H,2-5,7-9H2,1H3;1H2,2H3,(H,5,6);2*1H;/q-1;;;;+3/p-2. The Morgan fingerprint density at radius 2 is 1.65 bits per heavy atom. The van der Waals surface area contributed by atoms with E-state index in [2.05, 4.69) is 19.9 Å². The minimum Gasteiger partial charge on any atom is -1.00 e. The Bertz CT molecular complexity index is 451. The fourth-order valence-electron chi connectivity index (χ4n) is 3.51. The van der Waals surface area contributed by atoms with E-state index in [9.17, 15) is 4.79 Å². The van der Waals surface area contributed by atoms with E-state index in [-0.39, 0.29) is 52.1 Å². The maximum absolute atomic E-state index is 9.60. The molecule has 3 rings (SSSR count). The summed E-state index contributed by atoms with van der Waals surface area (Å²) in [5.41, 5.74) is 7.24. The molecule has 0 bridgehead atoms. The Labute approximate surface area is 167 Å². The molecule has 3 aliphatic rings. The van der Waals surface area contributed by atoms with Crippen molar-refractivity contribution >= 4 is 5.97 Å². The third-order valence-corrected chi connectivity index (χ3v) is 4.57. The minimum atomic E-state index is -0.935. The molecule has 0 heterocycles. The third-order valence-electron chi connectivity index (χ3n) is 4.57. The quantitative estimate of drug-likeness (QED) is 0.348. The van der Waals surface area contributed by atoms with Gasteiger partial charge in [0.05, 0.1) is 0 Å². The van der Waals surface area contributed by atoms with Crippen molar-refractivity contribution in [2.24, 2.45) is 5.92 Å². The molecule has 0 saturated heterocycles. The van der Waals surface area contributed by atoms with Gasteiger partial charge in [-0.2, -0.15) is 5.57 Å². The van der Waals surface area contributed by atoms with Crippen molar-refractivity contribution < 1.29 is 56.4 Å².